The van der Waals surface area contributed by atoms with Crippen LogP contribution in [0, 0.1) is 5.92 Å². The topological polar surface area (TPSA) is 53.2 Å². The summed E-state index contributed by atoms with van der Waals surface area (Å²) in [5.74, 6) is 0.131. The van der Waals surface area contributed by atoms with E-state index in [1.165, 1.54) is 6.07 Å². The van der Waals surface area contributed by atoms with Gasteiger partial charge in [-0.15, -0.1) is 0 Å². The summed E-state index contributed by atoms with van der Waals surface area (Å²) < 4.78 is 0. The monoisotopic (exact) mass is 236 g/mol. The van der Waals surface area contributed by atoms with Gasteiger partial charge in [-0.25, -0.2) is 0 Å². The second-order valence-corrected chi connectivity index (χ2v) is 4.02. The van der Waals surface area contributed by atoms with Crippen molar-refractivity contribution in [1.29, 1.82) is 0 Å². The Balaban J connectivity index is 0.000000686. The fourth-order valence-electron chi connectivity index (χ4n) is 1.95. The third kappa shape index (κ3) is 2.75. The lowest BCUT2D eigenvalue weighted by Gasteiger charge is -2.18. The van der Waals surface area contributed by atoms with Gasteiger partial charge in [0.1, 0.15) is 0 Å². The van der Waals surface area contributed by atoms with E-state index < -0.39 is 0 Å². The SMILES string of the molecule is CC.CC1CCc2[nH]c(=O)ccc2N(C)C1=O. The van der Waals surface area contributed by atoms with Crippen LogP contribution in [0.2, 0.25) is 0 Å². The number of H-pyrrole nitrogens is 1. The van der Waals surface area contributed by atoms with Crippen molar-refractivity contribution in [3.05, 3.63) is 28.2 Å². The van der Waals surface area contributed by atoms with E-state index in [9.17, 15) is 9.59 Å². The first kappa shape index (κ1) is 13.5. The lowest BCUT2D eigenvalue weighted by molar-refractivity contribution is -0.121. The molecule has 0 radical (unpaired) electrons. The van der Waals surface area contributed by atoms with Gasteiger partial charge < -0.3 is 9.88 Å². The number of carbonyl (C=O) groups is 1. The fraction of sp³-hybridized carbons (Fsp3) is 0.538. The van der Waals surface area contributed by atoms with Gasteiger partial charge in [0.2, 0.25) is 11.5 Å². The van der Waals surface area contributed by atoms with Crippen LogP contribution in [-0.4, -0.2) is 17.9 Å². The highest BCUT2D eigenvalue weighted by Gasteiger charge is 2.24. The summed E-state index contributed by atoms with van der Waals surface area (Å²) in [6, 6.07) is 3.17. The Morgan fingerprint density at radius 1 is 1.29 bits per heavy atom. The Bertz CT molecular complexity index is 451. The third-order valence-electron chi connectivity index (χ3n) is 2.92. The Morgan fingerprint density at radius 2 is 1.94 bits per heavy atom. The van der Waals surface area contributed by atoms with Crippen LogP contribution in [0.4, 0.5) is 5.69 Å². The number of aromatic amines is 1. The number of fused-ring (bicyclic) bond motifs is 1. The zero-order chi connectivity index (χ0) is 13.0. The number of hydrogen-bond donors (Lipinski definition) is 1. The van der Waals surface area contributed by atoms with Crippen LogP contribution in [0.5, 0.6) is 0 Å². The molecule has 0 saturated heterocycles. The van der Waals surface area contributed by atoms with Crippen molar-refractivity contribution in [1.82, 2.24) is 4.98 Å². The molecule has 1 aliphatic heterocycles. The Hall–Kier alpha value is -1.58. The van der Waals surface area contributed by atoms with Crippen molar-refractivity contribution in [2.24, 2.45) is 5.92 Å². The van der Waals surface area contributed by atoms with Gasteiger partial charge in [-0.05, 0) is 18.9 Å². The molecular weight excluding hydrogens is 216 g/mol. The molecule has 1 aromatic rings. The summed E-state index contributed by atoms with van der Waals surface area (Å²) in [6.45, 7) is 5.92. The molecule has 0 spiro atoms. The molecule has 2 heterocycles. The number of rotatable bonds is 0. The minimum atomic E-state index is -0.107. The predicted molar refractivity (Wildman–Crippen MR) is 69.3 cm³/mol. The van der Waals surface area contributed by atoms with E-state index >= 15 is 0 Å². The van der Waals surface area contributed by atoms with Crippen molar-refractivity contribution in [3.8, 4) is 0 Å². The number of amides is 1. The van der Waals surface area contributed by atoms with Crippen molar-refractivity contribution in [2.45, 2.75) is 33.6 Å². The Morgan fingerprint density at radius 3 is 2.59 bits per heavy atom. The van der Waals surface area contributed by atoms with Crippen molar-refractivity contribution in [2.75, 3.05) is 11.9 Å². The average molecular weight is 236 g/mol. The van der Waals surface area contributed by atoms with E-state index in [0.29, 0.717) is 0 Å². The molecule has 4 nitrogen and oxygen atoms in total. The van der Waals surface area contributed by atoms with Crippen molar-refractivity contribution >= 4 is 11.6 Å². The standard InChI is InChI=1S/C11H14N2O2.C2H6/c1-7-3-4-8-9(13(2)11(7)15)5-6-10(14)12-8;1-2/h5-7H,3-4H2,1-2H3,(H,12,14);1-2H3. The van der Waals surface area contributed by atoms with Gasteiger partial charge in [-0.3, -0.25) is 9.59 Å². The van der Waals surface area contributed by atoms with Crippen LogP contribution in [-0.2, 0) is 11.2 Å². The zero-order valence-corrected chi connectivity index (χ0v) is 10.9. The maximum atomic E-state index is 11.8. The molecule has 0 saturated carbocycles. The maximum absolute atomic E-state index is 11.8. The average Bonchev–Trinajstić information content (AvgIpc) is 2.45. The van der Waals surface area contributed by atoms with E-state index in [-0.39, 0.29) is 17.4 Å². The van der Waals surface area contributed by atoms with Gasteiger partial charge in [-0.1, -0.05) is 20.8 Å². The van der Waals surface area contributed by atoms with Gasteiger partial charge in [0.05, 0.1) is 5.69 Å². The largest absolute Gasteiger partial charge is 0.324 e. The number of carbonyl (C=O) groups excluding carboxylic acids is 1. The summed E-state index contributed by atoms with van der Waals surface area (Å²) in [5.41, 5.74) is 1.58. The molecule has 94 valence electrons. The molecule has 1 aromatic heterocycles. The van der Waals surface area contributed by atoms with Crippen molar-refractivity contribution < 1.29 is 4.79 Å². The van der Waals surface area contributed by atoms with Gasteiger partial charge >= 0.3 is 0 Å². The zero-order valence-electron chi connectivity index (χ0n) is 10.9. The Kier molecular flexibility index (Phi) is 4.49. The molecule has 1 amide bonds. The second-order valence-electron chi connectivity index (χ2n) is 4.02. The molecule has 0 aliphatic carbocycles. The van der Waals surface area contributed by atoms with E-state index in [0.717, 1.165) is 24.2 Å². The molecule has 0 fully saturated rings. The van der Waals surface area contributed by atoms with Crippen LogP contribution in [0.25, 0.3) is 0 Å². The van der Waals surface area contributed by atoms with Crippen LogP contribution in [0.1, 0.15) is 32.9 Å². The molecule has 0 bridgehead atoms. The van der Waals surface area contributed by atoms with Crippen LogP contribution >= 0.6 is 0 Å². The molecule has 2 rings (SSSR count). The number of pyridine rings is 1. The molecule has 17 heavy (non-hydrogen) atoms. The smallest absolute Gasteiger partial charge is 0.248 e. The number of aromatic nitrogens is 1. The first-order valence-electron chi connectivity index (χ1n) is 6.09. The normalized spacial score (nSPS) is 18.9. The summed E-state index contributed by atoms with van der Waals surface area (Å²) in [6.07, 6.45) is 1.54. The van der Waals surface area contributed by atoms with Crippen molar-refractivity contribution in [3.63, 3.8) is 0 Å². The van der Waals surface area contributed by atoms with Crippen LogP contribution in [0.15, 0.2) is 16.9 Å². The van der Waals surface area contributed by atoms with Gasteiger partial charge in [0.25, 0.3) is 0 Å². The fourth-order valence-corrected chi connectivity index (χ4v) is 1.95. The maximum Gasteiger partial charge on any atom is 0.248 e. The van der Waals surface area contributed by atoms with E-state index in [4.69, 9.17) is 0 Å². The van der Waals surface area contributed by atoms with Gasteiger partial charge in [0.15, 0.2) is 0 Å². The first-order chi connectivity index (χ1) is 8.09. The van der Waals surface area contributed by atoms with E-state index in [1.54, 1.807) is 18.0 Å². The number of aryl methyl sites for hydroxylation is 1. The molecular formula is C13H20N2O2. The lowest BCUT2D eigenvalue weighted by Crippen LogP contribution is -2.30. The van der Waals surface area contributed by atoms with Gasteiger partial charge in [0, 0.05) is 24.7 Å². The van der Waals surface area contributed by atoms with E-state index in [1.807, 2.05) is 20.8 Å². The summed E-state index contributed by atoms with van der Waals surface area (Å²) in [4.78, 5) is 27.4. The highest BCUT2D eigenvalue weighted by Crippen LogP contribution is 2.25. The minimum absolute atomic E-state index is 0.0194. The molecule has 4 heteroatoms. The number of nitrogens with one attached hydrogen (secondary N) is 1. The number of anilines is 1. The third-order valence-corrected chi connectivity index (χ3v) is 2.92. The molecule has 1 unspecified atom stereocenters. The molecule has 1 atom stereocenters. The highest BCUT2D eigenvalue weighted by atomic mass is 16.2. The number of nitrogens with zero attached hydrogens (tertiary/aromatic N) is 1. The summed E-state index contributed by atoms with van der Waals surface area (Å²) in [5, 5.41) is 0. The lowest BCUT2D eigenvalue weighted by atomic mass is 10.1. The first-order valence-corrected chi connectivity index (χ1v) is 6.09. The number of hydrogen-bond acceptors (Lipinski definition) is 2. The highest BCUT2D eigenvalue weighted by molar-refractivity contribution is 5.95. The minimum Gasteiger partial charge on any atom is -0.324 e. The quantitative estimate of drug-likeness (QED) is 0.748. The predicted octanol–water partition coefficient (Wildman–Crippen LogP) is 1.95. The molecule has 1 N–H and O–H groups in total. The molecule has 0 aromatic carbocycles. The second kappa shape index (κ2) is 5.66. The summed E-state index contributed by atoms with van der Waals surface area (Å²) in [7, 11) is 1.75. The summed E-state index contributed by atoms with van der Waals surface area (Å²) >= 11 is 0. The van der Waals surface area contributed by atoms with Crippen LogP contribution in [0.3, 0.4) is 0 Å². The van der Waals surface area contributed by atoms with Crippen LogP contribution < -0.4 is 10.5 Å². The molecule has 1 aliphatic rings. The Labute approximate surface area is 102 Å². The van der Waals surface area contributed by atoms with E-state index in [2.05, 4.69) is 4.98 Å². The van der Waals surface area contributed by atoms with Gasteiger partial charge in [-0.2, -0.15) is 0 Å².